The number of rotatable bonds is 1. The second-order valence-corrected chi connectivity index (χ2v) is 4.99. The Bertz CT molecular complexity index is 365. The van der Waals surface area contributed by atoms with Gasteiger partial charge in [-0.2, -0.15) is 0 Å². The summed E-state index contributed by atoms with van der Waals surface area (Å²) in [5, 5.41) is 6.03. The van der Waals surface area contributed by atoms with E-state index in [0.29, 0.717) is 18.5 Å². The van der Waals surface area contributed by atoms with Gasteiger partial charge in [-0.15, -0.1) is 11.3 Å². The molecule has 0 saturated carbocycles. The van der Waals surface area contributed by atoms with Crippen LogP contribution in [-0.2, 0) is 4.79 Å². The van der Waals surface area contributed by atoms with Gasteiger partial charge in [0.1, 0.15) is 0 Å². The predicted octanol–water partition coefficient (Wildman–Crippen LogP) is 1.00. The molecule has 1 N–H and O–H groups in total. The third-order valence-electron chi connectivity index (χ3n) is 3.22. The highest BCUT2D eigenvalue weighted by Gasteiger charge is 2.38. The van der Waals surface area contributed by atoms with Gasteiger partial charge in [-0.05, 0) is 12.8 Å². The number of thiazole rings is 1. The van der Waals surface area contributed by atoms with Gasteiger partial charge in [-0.25, -0.2) is 4.98 Å². The normalized spacial score (nSPS) is 30.1. The van der Waals surface area contributed by atoms with Crippen LogP contribution in [0.25, 0.3) is 0 Å². The number of carbonyl (C=O) groups excluding carboxylic acids is 1. The Morgan fingerprint density at radius 2 is 2.33 bits per heavy atom. The molecule has 0 unspecified atom stereocenters. The molecule has 2 aliphatic heterocycles. The fourth-order valence-electron chi connectivity index (χ4n) is 2.54. The average molecular weight is 223 g/mol. The summed E-state index contributed by atoms with van der Waals surface area (Å²) in [6.45, 7) is 0.773. The SMILES string of the molecule is O=C1C[C@H]2CC[C@@H](CN1)N2c1nccs1. The van der Waals surface area contributed by atoms with E-state index < -0.39 is 0 Å². The lowest BCUT2D eigenvalue weighted by atomic mass is 10.1. The molecule has 3 rings (SSSR count). The monoisotopic (exact) mass is 223 g/mol. The van der Waals surface area contributed by atoms with E-state index in [4.69, 9.17) is 0 Å². The molecule has 0 aliphatic carbocycles. The molecule has 3 heterocycles. The first-order valence-electron chi connectivity index (χ1n) is 5.29. The largest absolute Gasteiger partial charge is 0.354 e. The van der Waals surface area contributed by atoms with Crippen molar-refractivity contribution >= 4 is 22.4 Å². The van der Waals surface area contributed by atoms with E-state index in [1.165, 1.54) is 6.42 Å². The molecule has 1 aromatic rings. The van der Waals surface area contributed by atoms with Crippen LogP contribution < -0.4 is 10.2 Å². The lowest BCUT2D eigenvalue weighted by molar-refractivity contribution is -0.121. The van der Waals surface area contributed by atoms with Crippen LogP contribution in [0.2, 0.25) is 0 Å². The first-order valence-corrected chi connectivity index (χ1v) is 6.17. The third-order valence-corrected chi connectivity index (χ3v) is 4.00. The lowest BCUT2D eigenvalue weighted by Gasteiger charge is -2.26. The summed E-state index contributed by atoms with van der Waals surface area (Å²) >= 11 is 1.66. The second kappa shape index (κ2) is 3.48. The number of carbonyl (C=O) groups is 1. The summed E-state index contributed by atoms with van der Waals surface area (Å²) in [5.74, 6) is 0.184. The van der Waals surface area contributed by atoms with Gasteiger partial charge in [-0.1, -0.05) is 0 Å². The molecular weight excluding hydrogens is 210 g/mol. The van der Waals surface area contributed by atoms with Gasteiger partial charge in [0.25, 0.3) is 0 Å². The zero-order chi connectivity index (χ0) is 10.3. The molecule has 1 amide bonds. The van der Waals surface area contributed by atoms with Crippen molar-refractivity contribution in [3.8, 4) is 0 Å². The molecule has 2 bridgehead atoms. The molecule has 80 valence electrons. The Morgan fingerprint density at radius 3 is 3.13 bits per heavy atom. The van der Waals surface area contributed by atoms with Crippen molar-refractivity contribution in [2.45, 2.75) is 31.3 Å². The number of fused-ring (bicyclic) bond motifs is 2. The highest BCUT2D eigenvalue weighted by Crippen LogP contribution is 2.34. The highest BCUT2D eigenvalue weighted by molar-refractivity contribution is 7.13. The molecule has 0 aromatic carbocycles. The molecule has 4 nitrogen and oxygen atoms in total. The molecule has 2 fully saturated rings. The van der Waals surface area contributed by atoms with Crippen LogP contribution in [0.5, 0.6) is 0 Å². The number of anilines is 1. The number of hydrogen-bond donors (Lipinski definition) is 1. The standard InChI is InChI=1S/C10H13N3OS/c14-9-5-7-1-2-8(6-12-9)13(7)10-11-3-4-15-10/h3-4,7-8H,1-2,5-6H2,(H,12,14)/t7-,8+/m1/s1. The molecule has 0 spiro atoms. The number of aromatic nitrogens is 1. The Labute approximate surface area is 92.3 Å². The smallest absolute Gasteiger partial charge is 0.222 e. The molecule has 2 atom stereocenters. The van der Waals surface area contributed by atoms with Crippen molar-refractivity contribution in [3.05, 3.63) is 11.6 Å². The fraction of sp³-hybridized carbons (Fsp3) is 0.600. The van der Waals surface area contributed by atoms with Crippen LogP contribution in [0, 0.1) is 0 Å². The maximum Gasteiger partial charge on any atom is 0.222 e. The molecule has 0 radical (unpaired) electrons. The van der Waals surface area contributed by atoms with Crippen molar-refractivity contribution in [3.63, 3.8) is 0 Å². The molecule has 5 heteroatoms. The van der Waals surface area contributed by atoms with E-state index in [1.807, 2.05) is 11.6 Å². The van der Waals surface area contributed by atoms with Crippen LogP contribution in [0.4, 0.5) is 5.13 Å². The second-order valence-electron chi connectivity index (χ2n) is 4.12. The summed E-state index contributed by atoms with van der Waals surface area (Å²) in [5.41, 5.74) is 0. The van der Waals surface area contributed by atoms with Crippen molar-refractivity contribution in [1.82, 2.24) is 10.3 Å². The topological polar surface area (TPSA) is 45.2 Å². The molecular formula is C10H13N3OS. The lowest BCUT2D eigenvalue weighted by Crippen LogP contribution is -2.38. The summed E-state index contributed by atoms with van der Waals surface area (Å²) < 4.78 is 0. The first-order chi connectivity index (χ1) is 7.34. The Kier molecular flexibility index (Phi) is 2.12. The van der Waals surface area contributed by atoms with Gasteiger partial charge in [0, 0.05) is 36.6 Å². The minimum atomic E-state index is 0.184. The number of nitrogens with zero attached hydrogens (tertiary/aromatic N) is 2. The fourth-order valence-corrected chi connectivity index (χ4v) is 3.32. The van der Waals surface area contributed by atoms with Crippen molar-refractivity contribution < 1.29 is 4.79 Å². The van der Waals surface area contributed by atoms with E-state index in [2.05, 4.69) is 15.2 Å². The van der Waals surface area contributed by atoms with E-state index in [1.54, 1.807) is 11.3 Å². The van der Waals surface area contributed by atoms with E-state index in [-0.39, 0.29) is 5.91 Å². The summed E-state index contributed by atoms with van der Waals surface area (Å²) in [4.78, 5) is 18.1. The first kappa shape index (κ1) is 9.15. The number of hydrogen-bond acceptors (Lipinski definition) is 4. The van der Waals surface area contributed by atoms with Gasteiger partial charge < -0.3 is 10.2 Å². The van der Waals surface area contributed by atoms with Crippen molar-refractivity contribution in [2.24, 2.45) is 0 Å². The van der Waals surface area contributed by atoms with Crippen LogP contribution in [0.1, 0.15) is 19.3 Å². The molecule has 2 aliphatic rings. The zero-order valence-corrected chi connectivity index (χ0v) is 9.17. The minimum Gasteiger partial charge on any atom is -0.354 e. The highest BCUT2D eigenvalue weighted by atomic mass is 32.1. The Balaban J connectivity index is 1.92. The zero-order valence-electron chi connectivity index (χ0n) is 8.35. The van der Waals surface area contributed by atoms with Crippen LogP contribution in [0.15, 0.2) is 11.6 Å². The molecule has 2 saturated heterocycles. The molecule has 15 heavy (non-hydrogen) atoms. The van der Waals surface area contributed by atoms with Gasteiger partial charge in [0.05, 0.1) is 0 Å². The van der Waals surface area contributed by atoms with Crippen LogP contribution in [-0.4, -0.2) is 29.5 Å². The summed E-state index contributed by atoms with van der Waals surface area (Å²) in [6.07, 6.45) is 4.75. The van der Waals surface area contributed by atoms with Gasteiger partial charge >= 0.3 is 0 Å². The number of nitrogens with one attached hydrogen (secondary N) is 1. The Hall–Kier alpha value is -1.10. The van der Waals surface area contributed by atoms with Gasteiger partial charge in [0.15, 0.2) is 5.13 Å². The minimum absolute atomic E-state index is 0.184. The Morgan fingerprint density at radius 1 is 1.47 bits per heavy atom. The van der Waals surface area contributed by atoms with E-state index >= 15 is 0 Å². The maximum atomic E-state index is 11.4. The van der Waals surface area contributed by atoms with Crippen LogP contribution >= 0.6 is 11.3 Å². The van der Waals surface area contributed by atoms with Crippen LogP contribution in [0.3, 0.4) is 0 Å². The number of amides is 1. The summed E-state index contributed by atoms with van der Waals surface area (Å²) in [7, 11) is 0. The van der Waals surface area contributed by atoms with E-state index in [0.717, 1.165) is 18.1 Å². The van der Waals surface area contributed by atoms with E-state index in [9.17, 15) is 4.79 Å². The van der Waals surface area contributed by atoms with Crippen molar-refractivity contribution in [1.29, 1.82) is 0 Å². The predicted molar refractivity (Wildman–Crippen MR) is 59.0 cm³/mol. The maximum absolute atomic E-state index is 11.4. The average Bonchev–Trinajstić information content (AvgIpc) is 2.78. The van der Waals surface area contributed by atoms with Crippen molar-refractivity contribution in [2.75, 3.05) is 11.4 Å². The van der Waals surface area contributed by atoms with Gasteiger partial charge in [-0.3, -0.25) is 4.79 Å². The van der Waals surface area contributed by atoms with Gasteiger partial charge in [0.2, 0.25) is 5.91 Å². The third kappa shape index (κ3) is 1.51. The summed E-state index contributed by atoms with van der Waals surface area (Å²) in [6, 6.07) is 0.816. The quantitative estimate of drug-likeness (QED) is 0.772. The molecule has 1 aromatic heterocycles.